The minimum atomic E-state index is -0.427. The van der Waals surface area contributed by atoms with Gasteiger partial charge in [0.15, 0.2) is 4.80 Å². The van der Waals surface area contributed by atoms with Crippen LogP contribution in [0.15, 0.2) is 46.9 Å². The van der Waals surface area contributed by atoms with Gasteiger partial charge in [-0.2, -0.15) is 4.99 Å². The number of aryl methyl sites for hydroxylation is 1. The number of carbonyl (C=O) groups excluding carboxylic acids is 1. The predicted molar refractivity (Wildman–Crippen MR) is 102 cm³/mol. The first kappa shape index (κ1) is 16.6. The van der Waals surface area contributed by atoms with Crippen molar-refractivity contribution in [3.8, 4) is 0 Å². The Morgan fingerprint density at radius 2 is 2.12 bits per heavy atom. The number of hydrogen-bond acceptors (Lipinski definition) is 6. The molecule has 0 fully saturated rings. The molecule has 0 atom stereocenters. The van der Waals surface area contributed by atoms with Crippen LogP contribution in [0.25, 0.3) is 20.4 Å². The molecular formula is C17H12N4O3S2. The van der Waals surface area contributed by atoms with Gasteiger partial charge in [-0.3, -0.25) is 14.9 Å². The number of non-ortho nitro benzene ring substituents is 1. The van der Waals surface area contributed by atoms with Crippen LogP contribution >= 0.6 is 22.7 Å². The van der Waals surface area contributed by atoms with E-state index < -0.39 is 4.92 Å². The van der Waals surface area contributed by atoms with Crippen molar-refractivity contribution < 1.29 is 9.72 Å². The van der Waals surface area contributed by atoms with Crippen LogP contribution < -0.4 is 4.80 Å². The zero-order valence-electron chi connectivity index (χ0n) is 13.6. The smallest absolute Gasteiger partial charge is 0.279 e. The Bertz CT molecular complexity index is 1240. The van der Waals surface area contributed by atoms with E-state index in [-0.39, 0.29) is 11.6 Å². The zero-order chi connectivity index (χ0) is 18.3. The van der Waals surface area contributed by atoms with Crippen LogP contribution in [0.5, 0.6) is 0 Å². The van der Waals surface area contributed by atoms with Gasteiger partial charge in [0.05, 0.1) is 30.9 Å². The lowest BCUT2D eigenvalue weighted by atomic mass is 10.2. The van der Waals surface area contributed by atoms with Gasteiger partial charge < -0.3 is 4.57 Å². The summed E-state index contributed by atoms with van der Waals surface area (Å²) in [5, 5.41) is 11.0. The number of nitrogens with zero attached hydrogens (tertiary/aromatic N) is 4. The highest BCUT2D eigenvalue weighted by molar-refractivity contribution is 7.17. The first-order valence-electron chi connectivity index (χ1n) is 7.77. The summed E-state index contributed by atoms with van der Waals surface area (Å²) in [6, 6.07) is 9.97. The molecule has 9 heteroatoms. The normalized spacial score (nSPS) is 12.1. The SMILES string of the molecule is CCn1c(=NC(=O)c2ccc3ncsc3c2)sc2ccc([N+](=O)[O-])cc21. The molecule has 4 rings (SSSR count). The molecule has 0 saturated heterocycles. The number of benzene rings is 2. The minimum absolute atomic E-state index is 0.0195. The average molecular weight is 384 g/mol. The van der Waals surface area contributed by atoms with E-state index in [2.05, 4.69) is 9.98 Å². The van der Waals surface area contributed by atoms with Gasteiger partial charge >= 0.3 is 0 Å². The summed E-state index contributed by atoms with van der Waals surface area (Å²) in [6.07, 6.45) is 0. The van der Waals surface area contributed by atoms with Crippen LogP contribution in [0.4, 0.5) is 5.69 Å². The van der Waals surface area contributed by atoms with Crippen LogP contribution in [-0.2, 0) is 6.54 Å². The second-order valence-corrected chi connectivity index (χ2v) is 7.39. The Morgan fingerprint density at radius 3 is 2.88 bits per heavy atom. The minimum Gasteiger partial charge on any atom is -0.316 e. The Morgan fingerprint density at radius 1 is 1.27 bits per heavy atom. The molecule has 130 valence electrons. The summed E-state index contributed by atoms with van der Waals surface area (Å²) in [5.41, 5.74) is 3.80. The van der Waals surface area contributed by atoms with Crippen molar-refractivity contribution in [3.63, 3.8) is 0 Å². The van der Waals surface area contributed by atoms with E-state index in [1.165, 1.54) is 34.8 Å². The summed E-state index contributed by atoms with van der Waals surface area (Å²) >= 11 is 2.81. The van der Waals surface area contributed by atoms with E-state index in [0.717, 1.165) is 14.9 Å². The van der Waals surface area contributed by atoms with Crippen LogP contribution in [-0.4, -0.2) is 20.4 Å². The molecule has 0 aliphatic heterocycles. The second-order valence-electron chi connectivity index (χ2n) is 5.49. The molecule has 2 heterocycles. The van der Waals surface area contributed by atoms with Crippen molar-refractivity contribution >= 4 is 54.7 Å². The second kappa shape index (κ2) is 6.43. The fraction of sp³-hybridized carbons (Fsp3) is 0.118. The largest absolute Gasteiger partial charge is 0.316 e. The van der Waals surface area contributed by atoms with Gasteiger partial charge in [-0.1, -0.05) is 11.3 Å². The molecule has 4 aromatic rings. The topological polar surface area (TPSA) is 90.4 Å². The third-order valence-corrected chi connectivity index (χ3v) is 5.82. The predicted octanol–water partition coefficient (Wildman–Crippen LogP) is 3.98. The fourth-order valence-electron chi connectivity index (χ4n) is 2.70. The molecule has 26 heavy (non-hydrogen) atoms. The summed E-state index contributed by atoms with van der Waals surface area (Å²) in [7, 11) is 0. The zero-order valence-corrected chi connectivity index (χ0v) is 15.2. The van der Waals surface area contributed by atoms with E-state index in [4.69, 9.17) is 0 Å². The van der Waals surface area contributed by atoms with Gasteiger partial charge in [-0.15, -0.1) is 11.3 Å². The summed E-state index contributed by atoms with van der Waals surface area (Å²) in [5.74, 6) is -0.344. The third kappa shape index (κ3) is 2.80. The maximum Gasteiger partial charge on any atom is 0.279 e. The highest BCUT2D eigenvalue weighted by atomic mass is 32.1. The fourth-order valence-corrected chi connectivity index (χ4v) is 4.49. The highest BCUT2D eigenvalue weighted by Gasteiger charge is 2.13. The Labute approximate surface area is 155 Å². The van der Waals surface area contributed by atoms with Gasteiger partial charge in [0.25, 0.3) is 11.6 Å². The molecule has 2 aromatic heterocycles. The molecule has 7 nitrogen and oxygen atoms in total. The number of amides is 1. The van der Waals surface area contributed by atoms with Gasteiger partial charge in [0.2, 0.25) is 0 Å². The maximum absolute atomic E-state index is 12.6. The third-order valence-electron chi connectivity index (χ3n) is 3.97. The molecular weight excluding hydrogens is 372 g/mol. The first-order chi connectivity index (χ1) is 12.6. The number of thiazole rings is 2. The number of carbonyl (C=O) groups is 1. The quantitative estimate of drug-likeness (QED) is 0.395. The lowest BCUT2D eigenvalue weighted by molar-refractivity contribution is -0.384. The molecule has 0 N–H and O–H groups in total. The number of fused-ring (bicyclic) bond motifs is 2. The molecule has 0 bridgehead atoms. The van der Waals surface area contributed by atoms with Gasteiger partial charge in [-0.05, 0) is 31.2 Å². The van der Waals surface area contributed by atoms with Gasteiger partial charge in [0.1, 0.15) is 0 Å². The maximum atomic E-state index is 12.6. The number of hydrogen-bond donors (Lipinski definition) is 0. The Kier molecular flexibility index (Phi) is 4.09. The van der Waals surface area contributed by atoms with Crippen molar-refractivity contribution in [3.05, 3.63) is 62.4 Å². The van der Waals surface area contributed by atoms with E-state index in [0.29, 0.717) is 22.4 Å². The van der Waals surface area contributed by atoms with Crippen molar-refractivity contribution in [2.45, 2.75) is 13.5 Å². The molecule has 1 amide bonds. The van der Waals surface area contributed by atoms with E-state index >= 15 is 0 Å². The monoisotopic (exact) mass is 384 g/mol. The number of aromatic nitrogens is 2. The van der Waals surface area contributed by atoms with E-state index in [1.807, 2.05) is 11.5 Å². The standard InChI is InChI=1S/C17H12N4O3S2/c1-2-20-13-8-11(21(23)24)4-6-14(13)26-17(20)19-16(22)10-3-5-12-15(7-10)25-9-18-12/h3-9H,2H2,1H3. The molecule has 0 radical (unpaired) electrons. The van der Waals surface area contributed by atoms with E-state index in [1.54, 1.807) is 29.8 Å². The lowest BCUT2D eigenvalue weighted by Gasteiger charge is -2.00. The summed E-state index contributed by atoms with van der Waals surface area (Å²) in [6.45, 7) is 2.47. The van der Waals surface area contributed by atoms with Crippen molar-refractivity contribution in [1.82, 2.24) is 9.55 Å². The van der Waals surface area contributed by atoms with Crippen LogP contribution in [0, 0.1) is 10.1 Å². The number of nitro benzene ring substituents is 1. The van der Waals surface area contributed by atoms with Gasteiger partial charge in [-0.25, -0.2) is 4.98 Å². The van der Waals surface area contributed by atoms with Crippen LogP contribution in [0.1, 0.15) is 17.3 Å². The van der Waals surface area contributed by atoms with E-state index in [9.17, 15) is 14.9 Å². The highest BCUT2D eigenvalue weighted by Crippen LogP contribution is 2.23. The lowest BCUT2D eigenvalue weighted by Crippen LogP contribution is -2.15. The first-order valence-corrected chi connectivity index (χ1v) is 9.46. The van der Waals surface area contributed by atoms with Crippen LogP contribution in [0.2, 0.25) is 0 Å². The molecule has 0 aliphatic rings. The van der Waals surface area contributed by atoms with Crippen molar-refractivity contribution in [2.24, 2.45) is 4.99 Å². The van der Waals surface area contributed by atoms with Gasteiger partial charge in [0, 0.05) is 24.2 Å². The molecule has 0 aliphatic carbocycles. The number of rotatable bonds is 3. The number of nitro groups is 1. The van der Waals surface area contributed by atoms with Crippen LogP contribution in [0.3, 0.4) is 0 Å². The average Bonchev–Trinajstić information content (AvgIpc) is 3.23. The summed E-state index contributed by atoms with van der Waals surface area (Å²) < 4.78 is 3.60. The Balaban J connectivity index is 1.83. The molecule has 2 aromatic carbocycles. The summed E-state index contributed by atoms with van der Waals surface area (Å²) in [4.78, 5) is 32.2. The van der Waals surface area contributed by atoms with Crippen molar-refractivity contribution in [1.29, 1.82) is 0 Å². The van der Waals surface area contributed by atoms with Crippen molar-refractivity contribution in [2.75, 3.05) is 0 Å². The molecule has 0 saturated carbocycles. The molecule has 0 unspecified atom stereocenters. The molecule has 0 spiro atoms. The Hall–Kier alpha value is -2.91.